The lowest BCUT2D eigenvalue weighted by Crippen LogP contribution is -2.21. The van der Waals surface area contributed by atoms with Crippen LogP contribution in [0, 0.1) is 12.7 Å². The maximum atomic E-state index is 14.9. The minimum atomic E-state index is -4.66. The van der Waals surface area contributed by atoms with Gasteiger partial charge in [-0.25, -0.2) is 9.37 Å². The Morgan fingerprint density at radius 2 is 1.97 bits per heavy atom. The summed E-state index contributed by atoms with van der Waals surface area (Å²) in [6.45, 7) is 1.55. The van der Waals surface area contributed by atoms with Crippen molar-refractivity contribution in [1.82, 2.24) is 9.55 Å². The van der Waals surface area contributed by atoms with Gasteiger partial charge >= 0.3 is 6.18 Å². The van der Waals surface area contributed by atoms with Crippen molar-refractivity contribution >= 4 is 11.6 Å². The lowest BCUT2D eigenvalue weighted by Gasteiger charge is -2.15. The van der Waals surface area contributed by atoms with Crippen molar-refractivity contribution in [2.45, 2.75) is 26.1 Å². The van der Waals surface area contributed by atoms with E-state index in [2.05, 4.69) is 10.3 Å². The number of aromatic nitrogens is 2. The van der Waals surface area contributed by atoms with E-state index < -0.39 is 41.9 Å². The van der Waals surface area contributed by atoms with Crippen LogP contribution in [0.4, 0.5) is 23.2 Å². The Hall–Kier alpha value is -3.40. The molecule has 3 aromatic rings. The summed E-state index contributed by atoms with van der Waals surface area (Å²) in [4.78, 5) is 16.9. The Labute approximate surface area is 181 Å². The van der Waals surface area contributed by atoms with Gasteiger partial charge < -0.3 is 19.7 Å². The molecule has 32 heavy (non-hydrogen) atoms. The van der Waals surface area contributed by atoms with Crippen LogP contribution >= 0.6 is 0 Å². The zero-order chi connectivity index (χ0) is 23.6. The molecule has 1 aromatic heterocycles. The van der Waals surface area contributed by atoms with Gasteiger partial charge in [-0.1, -0.05) is 18.2 Å². The molecule has 0 saturated carbocycles. The number of rotatable bonds is 6. The Bertz CT molecular complexity index is 1140. The first kappa shape index (κ1) is 23.3. The number of nitrogens with zero attached hydrogens (tertiary/aromatic N) is 2. The van der Waals surface area contributed by atoms with E-state index in [9.17, 15) is 27.5 Å². The van der Waals surface area contributed by atoms with Crippen LogP contribution < -0.4 is 10.1 Å². The standard InChI is InChI=1S/C22H21F4N3O3/c1-12-6-4-5-7-17(12)28-21(31)15-8-16(23)14(9-19(15)32-11-22(24,25)26)18-10-29(3)20(27-18)13(2)30/h4-10,13,30H,11H2,1-3H3,(H,28,31). The highest BCUT2D eigenvalue weighted by Gasteiger charge is 2.30. The fourth-order valence-corrected chi connectivity index (χ4v) is 3.11. The minimum absolute atomic E-state index is 0.0728. The number of hydrogen-bond donors (Lipinski definition) is 2. The fourth-order valence-electron chi connectivity index (χ4n) is 3.11. The number of halogens is 4. The molecule has 3 rings (SSSR count). The summed E-state index contributed by atoms with van der Waals surface area (Å²) in [6.07, 6.45) is -4.19. The summed E-state index contributed by atoms with van der Waals surface area (Å²) < 4.78 is 59.6. The Kier molecular flexibility index (Phi) is 6.54. The van der Waals surface area contributed by atoms with Gasteiger partial charge in [0.2, 0.25) is 0 Å². The van der Waals surface area contributed by atoms with Crippen molar-refractivity contribution < 1.29 is 32.2 Å². The molecule has 1 unspecified atom stereocenters. The number of carbonyl (C=O) groups is 1. The average Bonchev–Trinajstić information content (AvgIpc) is 3.09. The smallest absolute Gasteiger partial charge is 0.422 e. The number of amides is 1. The van der Waals surface area contributed by atoms with E-state index in [0.717, 1.165) is 17.7 Å². The second-order valence-corrected chi connectivity index (χ2v) is 7.27. The van der Waals surface area contributed by atoms with Crippen molar-refractivity contribution in [1.29, 1.82) is 0 Å². The van der Waals surface area contributed by atoms with Gasteiger partial charge in [0, 0.05) is 24.5 Å². The molecule has 0 fully saturated rings. The molecule has 0 spiro atoms. The van der Waals surface area contributed by atoms with Crippen molar-refractivity contribution in [2.24, 2.45) is 7.05 Å². The third kappa shape index (κ3) is 5.25. The zero-order valence-corrected chi connectivity index (χ0v) is 17.5. The van der Waals surface area contributed by atoms with Crippen molar-refractivity contribution in [3.05, 3.63) is 65.4 Å². The molecule has 0 saturated heterocycles. The highest BCUT2D eigenvalue weighted by Crippen LogP contribution is 2.32. The van der Waals surface area contributed by atoms with Crippen LogP contribution in [-0.2, 0) is 7.05 Å². The van der Waals surface area contributed by atoms with Crippen LogP contribution in [0.3, 0.4) is 0 Å². The predicted octanol–water partition coefficient (Wildman–Crippen LogP) is 4.78. The van der Waals surface area contributed by atoms with Crippen molar-refractivity contribution in [3.63, 3.8) is 0 Å². The molecule has 1 amide bonds. The molecule has 1 atom stereocenters. The number of aliphatic hydroxyl groups is 1. The van der Waals surface area contributed by atoms with Gasteiger partial charge in [0.15, 0.2) is 6.61 Å². The molecule has 0 aliphatic rings. The van der Waals surface area contributed by atoms with Crippen LogP contribution in [0.2, 0.25) is 0 Å². The topological polar surface area (TPSA) is 76.4 Å². The molecule has 2 aromatic carbocycles. The van der Waals surface area contributed by atoms with Crippen LogP contribution in [-0.4, -0.2) is 33.3 Å². The first-order chi connectivity index (χ1) is 15.0. The van der Waals surface area contributed by atoms with E-state index in [1.165, 1.54) is 17.7 Å². The molecule has 2 N–H and O–H groups in total. The fraction of sp³-hybridized carbons (Fsp3) is 0.273. The minimum Gasteiger partial charge on any atom is -0.483 e. The maximum absolute atomic E-state index is 14.9. The monoisotopic (exact) mass is 451 g/mol. The summed E-state index contributed by atoms with van der Waals surface area (Å²) in [6, 6.07) is 8.59. The molecule has 10 heteroatoms. The number of hydrogen-bond acceptors (Lipinski definition) is 4. The molecule has 170 valence electrons. The molecule has 0 aliphatic heterocycles. The first-order valence-electron chi connectivity index (χ1n) is 9.58. The van der Waals surface area contributed by atoms with Crippen LogP contribution in [0.25, 0.3) is 11.3 Å². The van der Waals surface area contributed by atoms with E-state index in [0.29, 0.717) is 5.69 Å². The van der Waals surface area contributed by atoms with Crippen molar-refractivity contribution in [3.8, 4) is 17.0 Å². The van der Waals surface area contributed by atoms with Crippen LogP contribution in [0.15, 0.2) is 42.6 Å². The quantitative estimate of drug-likeness (QED) is 0.529. The number of aliphatic hydroxyl groups excluding tert-OH is 1. The largest absolute Gasteiger partial charge is 0.483 e. The number of nitrogens with one attached hydrogen (secondary N) is 1. The number of imidazole rings is 1. The maximum Gasteiger partial charge on any atom is 0.422 e. The summed E-state index contributed by atoms with van der Waals surface area (Å²) in [5.41, 5.74) is 0.649. The first-order valence-corrected chi connectivity index (χ1v) is 9.58. The summed E-state index contributed by atoms with van der Waals surface area (Å²) in [7, 11) is 1.58. The Balaban J connectivity index is 2.04. The second-order valence-electron chi connectivity index (χ2n) is 7.27. The summed E-state index contributed by atoms with van der Waals surface area (Å²) in [5, 5.41) is 12.3. The van der Waals surface area contributed by atoms with Gasteiger partial charge in [-0.05, 0) is 37.6 Å². The molecule has 1 heterocycles. The van der Waals surface area contributed by atoms with E-state index in [1.54, 1.807) is 38.2 Å². The number of ether oxygens (including phenoxy) is 1. The normalized spacial score (nSPS) is 12.5. The predicted molar refractivity (Wildman–Crippen MR) is 110 cm³/mol. The second kappa shape index (κ2) is 8.99. The van der Waals surface area contributed by atoms with Gasteiger partial charge in [0.05, 0.1) is 11.3 Å². The SMILES string of the molecule is Cc1ccccc1NC(=O)c1cc(F)c(-c2cn(C)c(C(C)O)n2)cc1OCC(F)(F)F. The third-order valence-corrected chi connectivity index (χ3v) is 4.66. The molecule has 0 radical (unpaired) electrons. The van der Waals surface area contributed by atoms with Gasteiger partial charge in [0.25, 0.3) is 5.91 Å². The van der Waals surface area contributed by atoms with Crippen LogP contribution in [0.5, 0.6) is 5.75 Å². The molecule has 0 aliphatic carbocycles. The Morgan fingerprint density at radius 1 is 1.28 bits per heavy atom. The van der Waals surface area contributed by atoms with E-state index in [-0.39, 0.29) is 17.1 Å². The van der Waals surface area contributed by atoms with Gasteiger partial charge in [-0.3, -0.25) is 4.79 Å². The number of carbonyl (C=O) groups excluding carboxylic acids is 1. The molecular weight excluding hydrogens is 430 g/mol. The highest BCUT2D eigenvalue weighted by molar-refractivity contribution is 6.07. The lowest BCUT2D eigenvalue weighted by molar-refractivity contribution is -0.153. The Morgan fingerprint density at radius 3 is 2.56 bits per heavy atom. The van der Waals surface area contributed by atoms with E-state index in [1.807, 2.05) is 0 Å². The van der Waals surface area contributed by atoms with E-state index >= 15 is 0 Å². The van der Waals surface area contributed by atoms with Crippen LogP contribution in [0.1, 0.15) is 34.8 Å². The third-order valence-electron chi connectivity index (χ3n) is 4.66. The molecular formula is C22H21F4N3O3. The number of alkyl halides is 3. The zero-order valence-electron chi connectivity index (χ0n) is 17.5. The van der Waals surface area contributed by atoms with Gasteiger partial charge in [0.1, 0.15) is 23.5 Å². The molecule has 0 bridgehead atoms. The molecule has 6 nitrogen and oxygen atoms in total. The number of benzene rings is 2. The summed E-state index contributed by atoms with van der Waals surface area (Å²) in [5.74, 6) is -1.92. The number of anilines is 1. The summed E-state index contributed by atoms with van der Waals surface area (Å²) >= 11 is 0. The van der Waals surface area contributed by atoms with Gasteiger partial charge in [-0.2, -0.15) is 13.2 Å². The van der Waals surface area contributed by atoms with E-state index in [4.69, 9.17) is 4.74 Å². The van der Waals surface area contributed by atoms with Crippen molar-refractivity contribution in [2.75, 3.05) is 11.9 Å². The number of para-hydroxylation sites is 1. The highest BCUT2D eigenvalue weighted by atomic mass is 19.4. The van der Waals surface area contributed by atoms with Gasteiger partial charge in [-0.15, -0.1) is 0 Å². The average molecular weight is 451 g/mol. The number of aryl methyl sites for hydroxylation is 2. The lowest BCUT2D eigenvalue weighted by atomic mass is 10.1.